The van der Waals surface area contributed by atoms with E-state index in [9.17, 15) is 19.2 Å². The summed E-state index contributed by atoms with van der Waals surface area (Å²) >= 11 is 0. The van der Waals surface area contributed by atoms with Crippen LogP contribution in [-0.2, 0) is 28.5 Å². The first kappa shape index (κ1) is 43.6. The van der Waals surface area contributed by atoms with E-state index in [0.717, 1.165) is 57.9 Å². The quantitative estimate of drug-likeness (QED) is 0.0859. The van der Waals surface area contributed by atoms with Gasteiger partial charge in [0, 0.05) is 74.0 Å². The molecule has 0 aliphatic carbocycles. The number of alkyl carbamates (subject to hydrolysis) is 2. The number of piperidine rings is 2. The van der Waals surface area contributed by atoms with E-state index in [1.54, 1.807) is 0 Å². The van der Waals surface area contributed by atoms with Crippen molar-refractivity contribution in [3.8, 4) is 0 Å². The maximum absolute atomic E-state index is 12.6. The van der Waals surface area contributed by atoms with Gasteiger partial charge in [0.05, 0.1) is 7.11 Å². The molecule has 290 valence electrons. The van der Waals surface area contributed by atoms with Crippen LogP contribution in [0.5, 0.6) is 0 Å². The molecule has 0 bridgehead atoms. The van der Waals surface area contributed by atoms with Crippen LogP contribution < -0.4 is 10.6 Å². The highest BCUT2D eigenvalue weighted by molar-refractivity contribution is 5.69. The van der Waals surface area contributed by atoms with Crippen molar-refractivity contribution in [1.29, 1.82) is 0 Å². The number of nitrogens with zero attached hydrogens (tertiary/aromatic N) is 2. The third kappa shape index (κ3) is 14.9. The van der Waals surface area contributed by atoms with Crippen LogP contribution in [0, 0.1) is 5.92 Å². The minimum absolute atomic E-state index is 0.0821. The monoisotopic (exact) mass is 711 g/mol. The van der Waals surface area contributed by atoms with Gasteiger partial charge in [0.15, 0.2) is 0 Å². The zero-order chi connectivity index (χ0) is 37.6. The summed E-state index contributed by atoms with van der Waals surface area (Å²) in [5.41, 5.74) is -0.392. The fourth-order valence-corrected chi connectivity index (χ4v) is 8.76. The molecule has 0 spiro atoms. The molecule has 2 amide bonds. The van der Waals surface area contributed by atoms with Crippen molar-refractivity contribution < 1.29 is 38.1 Å². The molecule has 50 heavy (non-hydrogen) atoms. The minimum Gasteiger partial charge on any atom is -0.469 e. The number of esters is 2. The summed E-state index contributed by atoms with van der Waals surface area (Å²) in [6.45, 7) is 22.9. The molecular weight excluding hydrogens is 640 g/mol. The molecule has 2 aliphatic heterocycles. The molecule has 2 aliphatic rings. The van der Waals surface area contributed by atoms with Gasteiger partial charge in [-0.05, 0) is 99.8 Å². The van der Waals surface area contributed by atoms with Crippen LogP contribution in [0.3, 0.4) is 0 Å². The van der Waals surface area contributed by atoms with Crippen molar-refractivity contribution in [2.75, 3.05) is 46.5 Å². The lowest BCUT2D eigenvalue weighted by Crippen LogP contribution is -2.63. The van der Waals surface area contributed by atoms with Crippen LogP contribution in [0.1, 0.15) is 139 Å². The normalized spacial score (nSPS) is 20.4. The summed E-state index contributed by atoms with van der Waals surface area (Å²) in [7, 11) is 1.38. The molecule has 0 saturated carbocycles. The van der Waals surface area contributed by atoms with E-state index in [4.69, 9.17) is 14.2 Å². The Balaban J connectivity index is 1.59. The summed E-state index contributed by atoms with van der Waals surface area (Å²) in [6, 6.07) is 0. The lowest BCUT2D eigenvalue weighted by molar-refractivity contribution is -0.146. The molecule has 0 aromatic heterocycles. The number of carbonyl (C=O) groups excluding carboxylic acids is 4. The largest absolute Gasteiger partial charge is 0.469 e. The number of methoxy groups -OCH3 is 1. The van der Waals surface area contributed by atoms with Gasteiger partial charge >= 0.3 is 24.1 Å². The number of unbranched alkanes of at least 4 members (excludes halogenated alkanes) is 4. The second kappa shape index (κ2) is 19.9. The fourth-order valence-electron chi connectivity index (χ4n) is 8.76. The zero-order valence-corrected chi connectivity index (χ0v) is 33.0. The Kier molecular flexibility index (Phi) is 17.3. The second-order valence-corrected chi connectivity index (χ2v) is 16.9. The van der Waals surface area contributed by atoms with E-state index in [1.165, 1.54) is 7.11 Å². The Labute approximate surface area is 302 Å². The average molecular weight is 711 g/mol. The lowest BCUT2D eigenvalue weighted by Gasteiger charge is -2.55. The molecule has 0 aromatic rings. The van der Waals surface area contributed by atoms with Crippen molar-refractivity contribution in [3.05, 3.63) is 0 Å². The van der Waals surface area contributed by atoms with Crippen molar-refractivity contribution in [1.82, 2.24) is 20.4 Å². The molecule has 2 rings (SSSR count). The zero-order valence-electron chi connectivity index (χ0n) is 33.0. The van der Waals surface area contributed by atoms with E-state index < -0.39 is 12.2 Å². The summed E-state index contributed by atoms with van der Waals surface area (Å²) < 4.78 is 21.5. The molecule has 2 saturated heterocycles. The molecule has 0 unspecified atom stereocenters. The van der Waals surface area contributed by atoms with Gasteiger partial charge in [-0.2, -0.15) is 0 Å². The highest BCUT2D eigenvalue weighted by Crippen LogP contribution is 2.41. The molecule has 2 N–H and O–H groups in total. The Morgan fingerprint density at radius 1 is 0.600 bits per heavy atom. The van der Waals surface area contributed by atoms with Crippen molar-refractivity contribution >= 4 is 24.1 Å². The van der Waals surface area contributed by atoms with Gasteiger partial charge < -0.3 is 29.6 Å². The predicted octanol–water partition coefficient (Wildman–Crippen LogP) is 6.59. The molecule has 0 atom stereocenters. The molecule has 2 fully saturated rings. The van der Waals surface area contributed by atoms with Crippen LogP contribution in [0.15, 0.2) is 0 Å². The first-order valence-electron chi connectivity index (χ1n) is 18.9. The summed E-state index contributed by atoms with van der Waals surface area (Å²) in [5.74, 6) is 0.301. The minimum atomic E-state index is -0.449. The molecule has 0 radical (unpaired) electrons. The maximum atomic E-state index is 12.6. The molecule has 2 heterocycles. The Morgan fingerprint density at radius 2 is 1.04 bits per heavy atom. The summed E-state index contributed by atoms with van der Waals surface area (Å²) in [6.07, 6.45) is 7.88. The van der Waals surface area contributed by atoms with Crippen molar-refractivity contribution in [2.45, 2.75) is 168 Å². The van der Waals surface area contributed by atoms with Gasteiger partial charge in [-0.25, -0.2) is 9.59 Å². The standard InChI is InChI=1S/C38H70N4O8/c1-29-25-35(2,3)41(36(4,5)26-29)21-23-48-32(44)18-14-12-16-20-40-34(46)50-30-27-37(6,7)42(38(8,9)28-30)22-24-49-33(45)39-19-15-11-13-17-31(43)47-10/h29-30H,11-28H2,1-10H3,(H,39,45)(H,40,46). The van der Waals surface area contributed by atoms with Crippen LogP contribution in [0.4, 0.5) is 9.59 Å². The number of hydrogen-bond donors (Lipinski definition) is 2. The van der Waals surface area contributed by atoms with Gasteiger partial charge in [-0.15, -0.1) is 0 Å². The number of carbonyl (C=O) groups is 4. The van der Waals surface area contributed by atoms with Crippen LogP contribution in [0.2, 0.25) is 0 Å². The summed E-state index contributed by atoms with van der Waals surface area (Å²) in [5, 5.41) is 5.64. The van der Waals surface area contributed by atoms with E-state index in [0.29, 0.717) is 57.8 Å². The Morgan fingerprint density at radius 3 is 1.54 bits per heavy atom. The average Bonchev–Trinajstić information content (AvgIpc) is 2.97. The van der Waals surface area contributed by atoms with E-state index in [1.807, 2.05) is 0 Å². The Bertz CT molecular complexity index is 1060. The molecule has 12 heteroatoms. The Hall–Kier alpha value is -2.60. The fraction of sp³-hybridized carbons (Fsp3) is 0.895. The SMILES string of the molecule is COC(=O)CCCCCNC(=O)OCCN1C(C)(C)CC(OC(=O)NCCCCCC(=O)OCCN2C(C)(C)CC(C)CC2(C)C)CC1(C)C. The van der Waals surface area contributed by atoms with Crippen LogP contribution in [0.25, 0.3) is 0 Å². The highest BCUT2D eigenvalue weighted by atomic mass is 16.6. The second-order valence-electron chi connectivity index (χ2n) is 16.9. The maximum Gasteiger partial charge on any atom is 0.407 e. The first-order chi connectivity index (χ1) is 23.3. The third-order valence-electron chi connectivity index (χ3n) is 10.4. The molecule has 0 aromatic carbocycles. The summed E-state index contributed by atoms with van der Waals surface area (Å²) in [4.78, 5) is 53.1. The molecule has 12 nitrogen and oxygen atoms in total. The smallest absolute Gasteiger partial charge is 0.407 e. The number of ether oxygens (including phenoxy) is 4. The van der Waals surface area contributed by atoms with E-state index >= 15 is 0 Å². The van der Waals surface area contributed by atoms with Crippen LogP contribution in [-0.4, -0.2) is 109 Å². The third-order valence-corrected chi connectivity index (χ3v) is 10.4. The number of amides is 2. The number of hydrogen-bond acceptors (Lipinski definition) is 10. The topological polar surface area (TPSA) is 136 Å². The first-order valence-corrected chi connectivity index (χ1v) is 18.9. The lowest BCUT2D eigenvalue weighted by atomic mass is 9.74. The number of nitrogens with one attached hydrogen (secondary N) is 2. The van der Waals surface area contributed by atoms with Gasteiger partial charge in [0.25, 0.3) is 0 Å². The highest BCUT2D eigenvalue weighted by Gasteiger charge is 2.46. The van der Waals surface area contributed by atoms with Crippen molar-refractivity contribution in [2.24, 2.45) is 5.92 Å². The predicted molar refractivity (Wildman–Crippen MR) is 195 cm³/mol. The number of rotatable bonds is 19. The van der Waals surface area contributed by atoms with Crippen molar-refractivity contribution in [3.63, 3.8) is 0 Å². The number of likely N-dealkylation sites (tertiary alicyclic amines) is 2. The van der Waals surface area contributed by atoms with Gasteiger partial charge in [-0.3, -0.25) is 19.4 Å². The molecular formula is C38H70N4O8. The van der Waals surface area contributed by atoms with Crippen LogP contribution >= 0.6 is 0 Å². The van der Waals surface area contributed by atoms with E-state index in [-0.39, 0.29) is 46.8 Å². The van der Waals surface area contributed by atoms with Gasteiger partial charge in [0.2, 0.25) is 0 Å². The van der Waals surface area contributed by atoms with E-state index in [2.05, 4.69) is 87.5 Å². The van der Waals surface area contributed by atoms with Gasteiger partial charge in [-0.1, -0.05) is 19.8 Å². The van der Waals surface area contributed by atoms with Gasteiger partial charge in [0.1, 0.15) is 19.3 Å².